The number of esters is 1. The average Bonchev–Trinajstić information content (AvgIpc) is 2.98. The Morgan fingerprint density at radius 1 is 1.29 bits per heavy atom. The first kappa shape index (κ1) is 19.4. The van der Waals surface area contributed by atoms with E-state index in [9.17, 15) is 4.79 Å². The Morgan fingerprint density at radius 2 is 1.88 bits per heavy atom. The predicted octanol–water partition coefficient (Wildman–Crippen LogP) is 1.87. The number of hydrogen-bond donors (Lipinski definition) is 1. The third kappa shape index (κ3) is 6.21. The smallest absolute Gasteiger partial charge is 0.374 e. The average molecular weight is 333 g/mol. The summed E-state index contributed by atoms with van der Waals surface area (Å²) in [5, 5.41) is 6.89. The van der Waals surface area contributed by atoms with E-state index in [1.165, 1.54) is 5.56 Å². The summed E-state index contributed by atoms with van der Waals surface area (Å²) >= 11 is 0. The molecule has 1 aromatic carbocycles. The molecular formula is C17H23N3O4. The van der Waals surface area contributed by atoms with Gasteiger partial charge in [0.25, 0.3) is 6.47 Å². The number of rotatable bonds is 6. The van der Waals surface area contributed by atoms with Gasteiger partial charge in [-0.2, -0.15) is 0 Å². The van der Waals surface area contributed by atoms with Crippen LogP contribution in [0.25, 0.3) is 0 Å². The number of benzene rings is 1. The summed E-state index contributed by atoms with van der Waals surface area (Å²) in [5.74, 6) is -0.0408. The van der Waals surface area contributed by atoms with Crippen LogP contribution in [0.1, 0.15) is 28.7 Å². The van der Waals surface area contributed by atoms with Crippen molar-refractivity contribution >= 4 is 12.4 Å². The van der Waals surface area contributed by atoms with Crippen molar-refractivity contribution in [1.82, 2.24) is 14.5 Å². The third-order valence-corrected chi connectivity index (χ3v) is 3.05. The van der Waals surface area contributed by atoms with Crippen LogP contribution in [0.4, 0.5) is 0 Å². The number of carboxylic acid groups (broad SMARTS) is 1. The fraction of sp³-hybridized carbons (Fsp3) is 0.353. The van der Waals surface area contributed by atoms with Gasteiger partial charge in [0.05, 0.1) is 6.61 Å². The third-order valence-electron chi connectivity index (χ3n) is 3.05. The Hall–Kier alpha value is -2.67. The van der Waals surface area contributed by atoms with Gasteiger partial charge >= 0.3 is 5.97 Å². The highest BCUT2D eigenvalue weighted by Crippen LogP contribution is 2.10. The minimum Gasteiger partial charge on any atom is -0.483 e. The summed E-state index contributed by atoms with van der Waals surface area (Å²) in [6, 6.07) is 8.37. The molecule has 0 aliphatic carbocycles. The normalized spacial score (nSPS) is 10.0. The fourth-order valence-corrected chi connectivity index (χ4v) is 2.13. The van der Waals surface area contributed by atoms with E-state index in [1.807, 2.05) is 14.1 Å². The molecular weight excluding hydrogens is 310 g/mol. The van der Waals surface area contributed by atoms with E-state index in [4.69, 9.17) is 14.6 Å². The summed E-state index contributed by atoms with van der Waals surface area (Å²) in [6.07, 6.45) is 3.41. The number of imidazole rings is 1. The molecule has 1 N–H and O–H groups in total. The summed E-state index contributed by atoms with van der Waals surface area (Å²) in [4.78, 5) is 26.3. The molecule has 0 atom stereocenters. The van der Waals surface area contributed by atoms with Crippen LogP contribution < -0.4 is 0 Å². The molecule has 0 amide bonds. The molecule has 0 saturated heterocycles. The van der Waals surface area contributed by atoms with E-state index in [2.05, 4.69) is 34.1 Å². The zero-order valence-electron chi connectivity index (χ0n) is 14.2. The Kier molecular flexibility index (Phi) is 8.21. The van der Waals surface area contributed by atoms with Gasteiger partial charge in [0.15, 0.2) is 0 Å². The van der Waals surface area contributed by atoms with Gasteiger partial charge in [-0.25, -0.2) is 9.78 Å². The Labute approximate surface area is 141 Å². The lowest BCUT2D eigenvalue weighted by molar-refractivity contribution is -0.122. The molecule has 1 heterocycles. The van der Waals surface area contributed by atoms with Gasteiger partial charge in [-0.1, -0.05) is 24.3 Å². The molecule has 7 nitrogen and oxygen atoms in total. The topological polar surface area (TPSA) is 84.7 Å². The second kappa shape index (κ2) is 10.2. The molecule has 0 saturated carbocycles. The second-order valence-corrected chi connectivity index (χ2v) is 5.26. The van der Waals surface area contributed by atoms with Gasteiger partial charge in [-0.05, 0) is 32.1 Å². The van der Waals surface area contributed by atoms with Crippen molar-refractivity contribution in [2.75, 3.05) is 20.7 Å². The molecule has 2 aromatic rings. The highest BCUT2D eigenvalue weighted by molar-refractivity contribution is 5.85. The molecule has 0 radical (unpaired) electrons. The molecule has 0 spiro atoms. The van der Waals surface area contributed by atoms with Crippen molar-refractivity contribution < 1.29 is 19.4 Å². The van der Waals surface area contributed by atoms with Gasteiger partial charge in [0.1, 0.15) is 0 Å². The largest absolute Gasteiger partial charge is 0.483 e. The zero-order chi connectivity index (χ0) is 17.9. The quantitative estimate of drug-likeness (QED) is 0.642. The lowest BCUT2D eigenvalue weighted by Gasteiger charge is -2.11. The first-order chi connectivity index (χ1) is 11.5. The number of carbonyl (C=O) groups excluding carboxylic acids is 1. The van der Waals surface area contributed by atoms with E-state index in [0.29, 0.717) is 19.0 Å². The lowest BCUT2D eigenvalue weighted by atomic mass is 10.1. The Balaban J connectivity index is 0.000000891. The molecule has 0 bridgehead atoms. The summed E-state index contributed by atoms with van der Waals surface area (Å²) in [5.41, 5.74) is 2.39. The second-order valence-electron chi connectivity index (χ2n) is 5.26. The Morgan fingerprint density at radius 3 is 2.42 bits per heavy atom. The molecule has 1 aromatic heterocycles. The van der Waals surface area contributed by atoms with Crippen molar-refractivity contribution in [1.29, 1.82) is 0 Å². The van der Waals surface area contributed by atoms with Crippen LogP contribution in [0.5, 0.6) is 0 Å². The molecule has 0 aliphatic rings. The van der Waals surface area contributed by atoms with Crippen molar-refractivity contribution in [2.45, 2.75) is 20.0 Å². The lowest BCUT2D eigenvalue weighted by Crippen LogP contribution is -2.14. The monoisotopic (exact) mass is 333 g/mol. The van der Waals surface area contributed by atoms with Gasteiger partial charge in [0.2, 0.25) is 5.82 Å². The van der Waals surface area contributed by atoms with E-state index in [1.54, 1.807) is 23.9 Å². The number of hydrogen-bond acceptors (Lipinski definition) is 5. The van der Waals surface area contributed by atoms with Gasteiger partial charge in [-0.15, -0.1) is 0 Å². The van der Waals surface area contributed by atoms with E-state index < -0.39 is 0 Å². The van der Waals surface area contributed by atoms with Crippen LogP contribution in [0.3, 0.4) is 0 Å². The van der Waals surface area contributed by atoms with Crippen molar-refractivity contribution in [3.8, 4) is 0 Å². The minimum absolute atomic E-state index is 0.250. The molecule has 2 rings (SSSR count). The maximum atomic E-state index is 11.8. The number of nitrogens with zero attached hydrogens (tertiary/aromatic N) is 3. The SMILES string of the molecule is CCOC(=O)c1nccn1Cc1ccc(CN(C)C)cc1.O=CO. The highest BCUT2D eigenvalue weighted by Gasteiger charge is 2.13. The molecule has 0 fully saturated rings. The van der Waals surface area contributed by atoms with Crippen LogP contribution in [-0.2, 0) is 22.6 Å². The minimum atomic E-state index is -0.383. The maximum absolute atomic E-state index is 11.8. The van der Waals surface area contributed by atoms with Gasteiger partial charge < -0.3 is 19.3 Å². The standard InChI is InChI=1S/C16H21N3O2.CH2O2/c1-4-21-16(20)15-17-9-10-19(15)12-14-7-5-13(6-8-14)11-18(2)3;2-1-3/h5-10H,4,11-12H2,1-3H3;1H,(H,2,3). The van der Waals surface area contributed by atoms with Gasteiger partial charge in [0, 0.05) is 25.5 Å². The van der Waals surface area contributed by atoms with Crippen LogP contribution in [0, 0.1) is 0 Å². The summed E-state index contributed by atoms with van der Waals surface area (Å²) < 4.78 is 6.80. The molecule has 130 valence electrons. The predicted molar refractivity (Wildman–Crippen MR) is 89.8 cm³/mol. The summed E-state index contributed by atoms with van der Waals surface area (Å²) in [6.45, 7) is 3.41. The molecule has 0 aliphatic heterocycles. The van der Waals surface area contributed by atoms with E-state index in [0.717, 1.165) is 12.1 Å². The molecule has 24 heavy (non-hydrogen) atoms. The van der Waals surface area contributed by atoms with E-state index in [-0.39, 0.29) is 12.4 Å². The van der Waals surface area contributed by atoms with Crippen LogP contribution in [0.15, 0.2) is 36.7 Å². The number of carbonyl (C=O) groups is 2. The fourth-order valence-electron chi connectivity index (χ4n) is 2.13. The van der Waals surface area contributed by atoms with Crippen LogP contribution >= 0.6 is 0 Å². The first-order valence-electron chi connectivity index (χ1n) is 7.50. The maximum Gasteiger partial charge on any atom is 0.374 e. The number of ether oxygens (including phenoxy) is 1. The van der Waals surface area contributed by atoms with E-state index >= 15 is 0 Å². The van der Waals surface area contributed by atoms with Crippen molar-refractivity contribution in [3.05, 3.63) is 53.6 Å². The van der Waals surface area contributed by atoms with Crippen molar-refractivity contribution in [3.63, 3.8) is 0 Å². The van der Waals surface area contributed by atoms with Crippen LogP contribution in [-0.4, -0.2) is 52.7 Å². The molecule has 0 unspecified atom stereocenters. The highest BCUT2D eigenvalue weighted by atomic mass is 16.5. The zero-order valence-corrected chi connectivity index (χ0v) is 14.2. The van der Waals surface area contributed by atoms with Crippen molar-refractivity contribution in [2.24, 2.45) is 0 Å². The molecule has 7 heteroatoms. The summed E-state index contributed by atoms with van der Waals surface area (Å²) in [7, 11) is 4.09. The number of aromatic nitrogens is 2. The first-order valence-corrected chi connectivity index (χ1v) is 7.50. The van der Waals surface area contributed by atoms with Gasteiger partial charge in [-0.3, -0.25) is 4.79 Å². The van der Waals surface area contributed by atoms with Crippen LogP contribution in [0.2, 0.25) is 0 Å². The Bertz CT molecular complexity index is 636.